The largest absolute Gasteiger partial charge is 0.465 e. The Balaban J connectivity index is 3.30. The predicted octanol–water partition coefficient (Wildman–Crippen LogP) is 0.924. The van der Waals surface area contributed by atoms with Gasteiger partial charge in [0.1, 0.15) is 0 Å². The van der Waals surface area contributed by atoms with Crippen molar-refractivity contribution in [2.75, 3.05) is 11.5 Å². The van der Waals surface area contributed by atoms with Crippen molar-refractivity contribution in [3.63, 3.8) is 0 Å². The van der Waals surface area contributed by atoms with Crippen molar-refractivity contribution in [3.05, 3.63) is 0 Å². The molecule has 0 aromatic rings. The fourth-order valence-corrected chi connectivity index (χ4v) is 1.16. The number of nitrogens with one attached hydrogen (secondary N) is 1. The molecule has 64 valence electrons. The Hall–Kier alpha value is -0.710. The highest BCUT2D eigenvalue weighted by atomic mass is 32.2. The third-order valence-electron chi connectivity index (χ3n) is 0.828. The van der Waals surface area contributed by atoms with Crippen molar-refractivity contribution in [3.8, 4) is 0 Å². The minimum absolute atomic E-state index is 0.222. The van der Waals surface area contributed by atoms with Crippen LogP contribution in [0.15, 0.2) is 0 Å². The Kier molecular flexibility index (Phi) is 5.64. The molecular formula is C6H11NO3S. The van der Waals surface area contributed by atoms with Crippen LogP contribution in [0, 0.1) is 0 Å². The summed E-state index contributed by atoms with van der Waals surface area (Å²) in [6.45, 7) is 2.00. The van der Waals surface area contributed by atoms with Crippen LogP contribution in [0.4, 0.5) is 4.79 Å². The van der Waals surface area contributed by atoms with Gasteiger partial charge in [-0.05, 0) is 12.2 Å². The lowest BCUT2D eigenvalue weighted by atomic mass is 10.6. The molecule has 0 unspecified atom stereocenters. The van der Waals surface area contributed by atoms with E-state index in [9.17, 15) is 9.59 Å². The van der Waals surface area contributed by atoms with E-state index < -0.39 is 12.0 Å². The number of hydrogen-bond acceptors (Lipinski definition) is 3. The van der Waals surface area contributed by atoms with Crippen LogP contribution in [0.1, 0.15) is 13.3 Å². The summed E-state index contributed by atoms with van der Waals surface area (Å²) in [6, 6.07) is 0. The van der Waals surface area contributed by atoms with E-state index >= 15 is 0 Å². The molecule has 0 aromatic carbocycles. The highest BCUT2D eigenvalue weighted by Crippen LogP contribution is 2.00. The van der Waals surface area contributed by atoms with Crippen LogP contribution in [0.5, 0.6) is 0 Å². The van der Waals surface area contributed by atoms with Crippen LogP contribution in [0.25, 0.3) is 0 Å². The molecule has 0 spiro atoms. The quantitative estimate of drug-likeness (QED) is 0.627. The van der Waals surface area contributed by atoms with E-state index in [-0.39, 0.29) is 5.75 Å². The summed E-state index contributed by atoms with van der Waals surface area (Å²) in [6.07, 6.45) is -0.294. The fraction of sp³-hybridized carbons (Fsp3) is 0.667. The minimum Gasteiger partial charge on any atom is -0.465 e. The van der Waals surface area contributed by atoms with Crippen LogP contribution in [-0.4, -0.2) is 28.6 Å². The van der Waals surface area contributed by atoms with Gasteiger partial charge in [-0.2, -0.15) is 11.8 Å². The summed E-state index contributed by atoms with van der Waals surface area (Å²) in [7, 11) is 0. The summed E-state index contributed by atoms with van der Waals surface area (Å²) in [4.78, 5) is 20.5. The standard InChI is InChI=1S/C6H11NO3S/c1-2-3-11-4-5(8)7-6(9)10/h2-4H2,1H3,(H,7,8)(H,9,10). The highest BCUT2D eigenvalue weighted by Gasteiger charge is 2.03. The van der Waals surface area contributed by atoms with Gasteiger partial charge in [-0.3, -0.25) is 10.1 Å². The lowest BCUT2D eigenvalue weighted by Crippen LogP contribution is -2.30. The van der Waals surface area contributed by atoms with E-state index in [2.05, 4.69) is 0 Å². The number of thioether (sulfide) groups is 1. The molecule has 5 heteroatoms. The van der Waals surface area contributed by atoms with Crippen LogP contribution in [0.2, 0.25) is 0 Å². The molecule has 0 heterocycles. The Labute approximate surface area is 69.4 Å². The van der Waals surface area contributed by atoms with Crippen molar-refractivity contribution in [2.24, 2.45) is 0 Å². The van der Waals surface area contributed by atoms with Crippen molar-refractivity contribution in [1.82, 2.24) is 5.32 Å². The lowest BCUT2D eigenvalue weighted by molar-refractivity contribution is -0.117. The monoisotopic (exact) mass is 177 g/mol. The Bertz CT molecular complexity index is 149. The smallest absolute Gasteiger partial charge is 0.411 e. The summed E-state index contributed by atoms with van der Waals surface area (Å²) < 4.78 is 0. The van der Waals surface area contributed by atoms with Crippen molar-refractivity contribution in [2.45, 2.75) is 13.3 Å². The number of imide groups is 1. The third-order valence-corrected chi connectivity index (χ3v) is 1.99. The molecule has 2 amide bonds. The van der Waals surface area contributed by atoms with Gasteiger partial charge in [0.05, 0.1) is 5.75 Å². The maximum atomic E-state index is 10.6. The first-order chi connectivity index (χ1) is 5.16. The number of carbonyl (C=O) groups excluding carboxylic acids is 1. The van der Waals surface area contributed by atoms with Crippen LogP contribution in [-0.2, 0) is 4.79 Å². The third kappa shape index (κ3) is 7.18. The van der Waals surface area contributed by atoms with E-state index in [1.54, 1.807) is 5.32 Å². The Morgan fingerprint density at radius 2 is 2.18 bits per heavy atom. The first kappa shape index (κ1) is 10.3. The maximum Gasteiger partial charge on any atom is 0.411 e. The number of rotatable bonds is 4. The molecule has 0 radical (unpaired) electrons. The first-order valence-electron chi connectivity index (χ1n) is 3.27. The second kappa shape index (κ2) is 6.03. The van der Waals surface area contributed by atoms with Gasteiger partial charge in [0.25, 0.3) is 0 Å². The summed E-state index contributed by atoms with van der Waals surface area (Å²) in [5, 5.41) is 9.86. The summed E-state index contributed by atoms with van der Waals surface area (Å²) in [5.74, 6) is 0.656. The maximum absolute atomic E-state index is 10.6. The van der Waals surface area contributed by atoms with Crippen molar-refractivity contribution < 1.29 is 14.7 Å². The van der Waals surface area contributed by atoms with Gasteiger partial charge in [0, 0.05) is 0 Å². The van der Waals surface area contributed by atoms with E-state index in [4.69, 9.17) is 5.11 Å². The van der Waals surface area contributed by atoms with Gasteiger partial charge >= 0.3 is 6.09 Å². The van der Waals surface area contributed by atoms with Crippen molar-refractivity contribution in [1.29, 1.82) is 0 Å². The lowest BCUT2D eigenvalue weighted by Gasteiger charge is -1.97. The van der Waals surface area contributed by atoms with E-state index in [1.165, 1.54) is 11.8 Å². The predicted molar refractivity (Wildman–Crippen MR) is 43.8 cm³/mol. The second-order valence-electron chi connectivity index (χ2n) is 1.91. The van der Waals surface area contributed by atoms with Crippen LogP contribution < -0.4 is 5.32 Å². The average Bonchev–Trinajstić information content (AvgIpc) is 1.86. The molecule has 0 aromatic heterocycles. The zero-order valence-corrected chi connectivity index (χ0v) is 7.11. The van der Waals surface area contributed by atoms with Crippen LogP contribution in [0.3, 0.4) is 0 Å². The van der Waals surface area contributed by atoms with E-state index in [1.807, 2.05) is 6.92 Å². The number of hydrogen-bond donors (Lipinski definition) is 2. The minimum atomic E-state index is -1.29. The molecule has 0 fully saturated rings. The van der Waals surface area contributed by atoms with Gasteiger partial charge in [0.15, 0.2) is 0 Å². The molecule has 0 atom stereocenters. The number of carboxylic acid groups (broad SMARTS) is 1. The van der Waals surface area contributed by atoms with E-state index in [0.29, 0.717) is 0 Å². The van der Waals surface area contributed by atoms with Gasteiger partial charge in [-0.15, -0.1) is 0 Å². The summed E-state index contributed by atoms with van der Waals surface area (Å²) in [5.41, 5.74) is 0. The van der Waals surface area contributed by atoms with E-state index in [0.717, 1.165) is 12.2 Å². The fourth-order valence-electron chi connectivity index (χ4n) is 0.465. The topological polar surface area (TPSA) is 66.4 Å². The molecule has 0 aliphatic carbocycles. The zero-order chi connectivity index (χ0) is 8.69. The molecule has 0 aliphatic rings. The normalized spacial score (nSPS) is 9.18. The van der Waals surface area contributed by atoms with Crippen molar-refractivity contribution >= 4 is 23.8 Å². The van der Waals surface area contributed by atoms with Gasteiger partial charge in [-0.25, -0.2) is 4.79 Å². The second-order valence-corrected chi connectivity index (χ2v) is 3.01. The molecule has 11 heavy (non-hydrogen) atoms. The molecule has 0 saturated heterocycles. The zero-order valence-electron chi connectivity index (χ0n) is 6.29. The van der Waals surface area contributed by atoms with Gasteiger partial charge in [0.2, 0.25) is 5.91 Å². The van der Waals surface area contributed by atoms with Gasteiger partial charge in [-0.1, -0.05) is 6.92 Å². The molecule has 0 aliphatic heterocycles. The highest BCUT2D eigenvalue weighted by molar-refractivity contribution is 7.99. The molecule has 0 bridgehead atoms. The number of amides is 2. The molecule has 2 N–H and O–H groups in total. The average molecular weight is 177 g/mol. The first-order valence-corrected chi connectivity index (χ1v) is 4.42. The summed E-state index contributed by atoms with van der Waals surface area (Å²) >= 11 is 1.43. The van der Waals surface area contributed by atoms with Gasteiger partial charge < -0.3 is 5.11 Å². The SMILES string of the molecule is CCCSCC(=O)NC(=O)O. The molecular weight excluding hydrogens is 166 g/mol. The molecule has 4 nitrogen and oxygen atoms in total. The Morgan fingerprint density at radius 1 is 1.55 bits per heavy atom. The Morgan fingerprint density at radius 3 is 2.64 bits per heavy atom. The molecule has 0 saturated carbocycles. The number of carbonyl (C=O) groups is 2. The molecule has 0 rings (SSSR count). The van der Waals surface area contributed by atoms with Crippen LogP contribution >= 0.6 is 11.8 Å².